The Balaban J connectivity index is 1.56. The van der Waals surface area contributed by atoms with Crippen LogP contribution in [0.15, 0.2) is 12.4 Å². The molecule has 0 bridgehead atoms. The number of piperazine rings is 1. The lowest BCUT2D eigenvalue weighted by molar-refractivity contribution is 0.0528. The van der Waals surface area contributed by atoms with Gasteiger partial charge in [0.05, 0.1) is 6.04 Å². The number of carbonyl (C=O) groups is 1. The Hall–Kier alpha value is -2.15. The van der Waals surface area contributed by atoms with Crippen molar-refractivity contribution in [1.29, 1.82) is 0 Å². The third kappa shape index (κ3) is 2.12. The molecule has 0 aromatic carbocycles. The molecule has 1 fully saturated rings. The van der Waals surface area contributed by atoms with Crippen LogP contribution in [0.4, 0.5) is 0 Å². The van der Waals surface area contributed by atoms with Crippen molar-refractivity contribution in [2.75, 3.05) is 26.7 Å². The van der Waals surface area contributed by atoms with Gasteiger partial charge >= 0.3 is 0 Å². The SMILES string of the molecule is CN1CCN(C(=O)c2n[nH]c3c2CCC3)C[C@H]1c1ncc[nH]1. The first-order valence-corrected chi connectivity index (χ1v) is 7.79. The maximum absolute atomic E-state index is 12.8. The number of carbonyl (C=O) groups excluding carboxylic acids is 1. The van der Waals surface area contributed by atoms with Gasteiger partial charge < -0.3 is 9.88 Å². The minimum Gasteiger partial charge on any atom is -0.347 e. The molecule has 7 heteroatoms. The van der Waals surface area contributed by atoms with Crippen LogP contribution in [0.1, 0.15) is 40.0 Å². The van der Waals surface area contributed by atoms with Crippen LogP contribution < -0.4 is 0 Å². The summed E-state index contributed by atoms with van der Waals surface area (Å²) < 4.78 is 0. The van der Waals surface area contributed by atoms with Gasteiger partial charge in [0.25, 0.3) is 5.91 Å². The number of fused-ring (bicyclic) bond motifs is 1. The summed E-state index contributed by atoms with van der Waals surface area (Å²) in [6.45, 7) is 2.21. The van der Waals surface area contributed by atoms with Gasteiger partial charge in [0.1, 0.15) is 5.82 Å². The van der Waals surface area contributed by atoms with Crippen molar-refractivity contribution in [1.82, 2.24) is 30.0 Å². The largest absolute Gasteiger partial charge is 0.347 e. The quantitative estimate of drug-likeness (QED) is 0.857. The van der Waals surface area contributed by atoms with Gasteiger partial charge in [-0.1, -0.05) is 0 Å². The van der Waals surface area contributed by atoms with Crippen LogP contribution in [-0.4, -0.2) is 62.6 Å². The van der Waals surface area contributed by atoms with Crippen molar-refractivity contribution in [3.8, 4) is 0 Å². The molecule has 1 aliphatic heterocycles. The van der Waals surface area contributed by atoms with Crippen LogP contribution in [0.5, 0.6) is 0 Å². The number of nitrogens with zero attached hydrogens (tertiary/aromatic N) is 4. The number of amides is 1. The molecule has 2 aromatic heterocycles. The van der Waals surface area contributed by atoms with Crippen LogP contribution in [-0.2, 0) is 12.8 Å². The predicted octanol–water partition coefficient (Wildman–Crippen LogP) is 0.750. The molecule has 116 valence electrons. The molecule has 22 heavy (non-hydrogen) atoms. The molecule has 1 amide bonds. The highest BCUT2D eigenvalue weighted by Gasteiger charge is 2.33. The summed E-state index contributed by atoms with van der Waals surface area (Å²) in [5.41, 5.74) is 2.88. The van der Waals surface area contributed by atoms with Crippen molar-refractivity contribution in [3.05, 3.63) is 35.2 Å². The van der Waals surface area contributed by atoms with E-state index in [9.17, 15) is 4.79 Å². The summed E-state index contributed by atoms with van der Waals surface area (Å²) in [5.74, 6) is 0.955. The Morgan fingerprint density at radius 3 is 3.09 bits per heavy atom. The molecule has 2 N–H and O–H groups in total. The topological polar surface area (TPSA) is 80.9 Å². The number of likely N-dealkylation sites (N-methyl/N-ethyl adjacent to an activating group) is 1. The Bertz CT molecular complexity index is 676. The van der Waals surface area contributed by atoms with E-state index in [1.165, 1.54) is 0 Å². The van der Waals surface area contributed by atoms with Crippen molar-refractivity contribution in [3.63, 3.8) is 0 Å². The molecule has 1 saturated heterocycles. The van der Waals surface area contributed by atoms with E-state index in [4.69, 9.17) is 0 Å². The average Bonchev–Trinajstić information content (AvgIpc) is 3.24. The second kappa shape index (κ2) is 5.24. The van der Waals surface area contributed by atoms with Gasteiger partial charge in [0.15, 0.2) is 5.69 Å². The molecule has 0 unspecified atom stereocenters. The van der Waals surface area contributed by atoms with E-state index in [0.717, 1.165) is 49.4 Å². The third-order valence-corrected chi connectivity index (χ3v) is 4.78. The van der Waals surface area contributed by atoms with E-state index in [0.29, 0.717) is 12.2 Å². The van der Waals surface area contributed by atoms with Crippen LogP contribution >= 0.6 is 0 Å². The molecular formula is C15H20N6O. The van der Waals surface area contributed by atoms with Gasteiger partial charge in [-0.05, 0) is 26.3 Å². The van der Waals surface area contributed by atoms with Gasteiger partial charge in [-0.3, -0.25) is 14.8 Å². The maximum atomic E-state index is 12.8. The summed E-state index contributed by atoms with van der Waals surface area (Å²) in [5, 5.41) is 7.29. The van der Waals surface area contributed by atoms with Crippen molar-refractivity contribution < 1.29 is 4.79 Å². The number of imidazole rings is 1. The highest BCUT2D eigenvalue weighted by Crippen LogP contribution is 2.26. The van der Waals surface area contributed by atoms with Crippen molar-refractivity contribution >= 4 is 5.91 Å². The van der Waals surface area contributed by atoms with E-state index in [-0.39, 0.29) is 11.9 Å². The average molecular weight is 300 g/mol. The van der Waals surface area contributed by atoms with Crippen LogP contribution in [0, 0.1) is 0 Å². The Morgan fingerprint density at radius 2 is 2.27 bits per heavy atom. The normalized spacial score (nSPS) is 22.0. The zero-order valence-corrected chi connectivity index (χ0v) is 12.7. The molecule has 1 atom stereocenters. The molecule has 3 heterocycles. The lowest BCUT2D eigenvalue weighted by atomic mass is 10.1. The number of aromatic amines is 2. The summed E-state index contributed by atoms with van der Waals surface area (Å²) in [6.07, 6.45) is 6.66. The lowest BCUT2D eigenvalue weighted by Crippen LogP contribution is -2.49. The van der Waals surface area contributed by atoms with E-state index in [1.807, 2.05) is 11.1 Å². The fraction of sp³-hybridized carbons (Fsp3) is 0.533. The molecule has 2 aliphatic rings. The van der Waals surface area contributed by atoms with E-state index < -0.39 is 0 Å². The Morgan fingerprint density at radius 1 is 1.36 bits per heavy atom. The Labute approximate surface area is 128 Å². The van der Waals surface area contributed by atoms with Gasteiger partial charge in [0.2, 0.25) is 0 Å². The van der Waals surface area contributed by atoms with Gasteiger partial charge in [-0.15, -0.1) is 0 Å². The van der Waals surface area contributed by atoms with Crippen LogP contribution in [0.25, 0.3) is 0 Å². The molecule has 0 radical (unpaired) electrons. The summed E-state index contributed by atoms with van der Waals surface area (Å²) in [6, 6.07) is 0.111. The van der Waals surface area contributed by atoms with Gasteiger partial charge in [0, 0.05) is 43.3 Å². The number of hydrogen-bond donors (Lipinski definition) is 2. The Kier molecular flexibility index (Phi) is 3.22. The second-order valence-electron chi connectivity index (χ2n) is 6.10. The molecule has 7 nitrogen and oxygen atoms in total. The minimum absolute atomic E-state index is 0.0454. The highest BCUT2D eigenvalue weighted by atomic mass is 16.2. The van der Waals surface area contributed by atoms with Gasteiger partial charge in [-0.2, -0.15) is 5.10 Å². The van der Waals surface area contributed by atoms with Crippen molar-refractivity contribution in [2.24, 2.45) is 0 Å². The fourth-order valence-electron chi connectivity index (χ4n) is 3.46. The zero-order chi connectivity index (χ0) is 15.1. The van der Waals surface area contributed by atoms with Crippen molar-refractivity contribution in [2.45, 2.75) is 25.3 Å². The number of H-pyrrole nitrogens is 2. The van der Waals surface area contributed by atoms with Gasteiger partial charge in [-0.25, -0.2) is 4.98 Å². The second-order valence-corrected chi connectivity index (χ2v) is 6.10. The first-order valence-electron chi connectivity index (χ1n) is 7.79. The summed E-state index contributed by atoms with van der Waals surface area (Å²) in [7, 11) is 2.07. The smallest absolute Gasteiger partial charge is 0.274 e. The first-order chi connectivity index (χ1) is 10.7. The monoisotopic (exact) mass is 300 g/mol. The molecule has 0 saturated carbocycles. The third-order valence-electron chi connectivity index (χ3n) is 4.78. The molecule has 1 aliphatic carbocycles. The maximum Gasteiger partial charge on any atom is 0.274 e. The first kappa shape index (κ1) is 13.5. The fourth-order valence-corrected chi connectivity index (χ4v) is 3.46. The predicted molar refractivity (Wildman–Crippen MR) is 80.5 cm³/mol. The number of aryl methyl sites for hydroxylation is 1. The molecule has 4 rings (SSSR count). The number of hydrogen-bond acceptors (Lipinski definition) is 4. The highest BCUT2D eigenvalue weighted by molar-refractivity contribution is 5.94. The summed E-state index contributed by atoms with van der Waals surface area (Å²) in [4.78, 5) is 24.5. The number of rotatable bonds is 2. The number of nitrogens with one attached hydrogen (secondary N) is 2. The van der Waals surface area contributed by atoms with Crippen LogP contribution in [0.3, 0.4) is 0 Å². The standard InChI is InChI=1S/C15H20N6O/c1-20-7-8-21(9-12(20)14-16-5-6-17-14)15(22)13-10-3-2-4-11(10)18-19-13/h5-6,12H,2-4,7-9H2,1H3,(H,16,17)(H,18,19)/t12-/m0/s1. The molecular weight excluding hydrogens is 280 g/mol. The van der Waals surface area contributed by atoms with Crippen LogP contribution in [0.2, 0.25) is 0 Å². The lowest BCUT2D eigenvalue weighted by Gasteiger charge is -2.38. The minimum atomic E-state index is 0.0454. The van der Waals surface area contributed by atoms with E-state index in [1.54, 1.807) is 6.20 Å². The summed E-state index contributed by atoms with van der Waals surface area (Å²) >= 11 is 0. The van der Waals surface area contributed by atoms with E-state index in [2.05, 4.69) is 32.1 Å². The zero-order valence-electron chi connectivity index (χ0n) is 12.7. The van der Waals surface area contributed by atoms with E-state index >= 15 is 0 Å². The molecule has 0 spiro atoms. The number of aromatic nitrogens is 4. The molecule has 2 aromatic rings.